The first-order valence-corrected chi connectivity index (χ1v) is 13.2. The first-order valence-electron chi connectivity index (χ1n) is 13.2. The lowest BCUT2D eigenvalue weighted by atomic mass is 9.85. The molecule has 0 bridgehead atoms. The van der Waals surface area contributed by atoms with Crippen LogP contribution >= 0.6 is 0 Å². The highest BCUT2D eigenvalue weighted by Crippen LogP contribution is 2.42. The number of ether oxygens (including phenoxy) is 3. The molecule has 0 saturated heterocycles. The van der Waals surface area contributed by atoms with Gasteiger partial charge in [0.2, 0.25) is 0 Å². The lowest BCUT2D eigenvalue weighted by Gasteiger charge is -2.39. The van der Waals surface area contributed by atoms with Gasteiger partial charge in [0, 0.05) is 13.0 Å². The predicted molar refractivity (Wildman–Crippen MR) is 149 cm³/mol. The molecule has 2 heterocycles. The summed E-state index contributed by atoms with van der Waals surface area (Å²) in [6, 6.07) is 17.2. The number of hydrogen-bond acceptors (Lipinski definition) is 6. The van der Waals surface area contributed by atoms with Crippen LogP contribution in [0.15, 0.2) is 66.6 Å². The summed E-state index contributed by atoms with van der Waals surface area (Å²) in [6.45, 7) is 5.94. The molecule has 1 atom stereocenters. The van der Waals surface area contributed by atoms with E-state index in [4.69, 9.17) is 14.2 Å². The lowest BCUT2D eigenvalue weighted by molar-refractivity contribution is 0.180. The third-order valence-corrected chi connectivity index (χ3v) is 7.23. The fourth-order valence-electron chi connectivity index (χ4n) is 5.27. The van der Waals surface area contributed by atoms with Gasteiger partial charge >= 0.3 is 6.03 Å². The molecule has 0 spiro atoms. The van der Waals surface area contributed by atoms with E-state index in [1.165, 1.54) is 5.56 Å². The number of fused-ring (bicyclic) bond motifs is 1. The fraction of sp³-hybridized carbons (Fsp3) is 0.323. The summed E-state index contributed by atoms with van der Waals surface area (Å²) in [7, 11) is 1.64. The van der Waals surface area contributed by atoms with Crippen LogP contribution in [-0.2, 0) is 17.6 Å². The molecule has 39 heavy (non-hydrogen) atoms. The van der Waals surface area contributed by atoms with Gasteiger partial charge in [0.25, 0.3) is 0 Å². The lowest BCUT2D eigenvalue weighted by Crippen LogP contribution is -2.47. The van der Waals surface area contributed by atoms with Gasteiger partial charge in [-0.2, -0.15) is 0 Å². The second kappa shape index (κ2) is 11.6. The Kier molecular flexibility index (Phi) is 7.81. The average molecular weight is 530 g/mol. The van der Waals surface area contributed by atoms with Gasteiger partial charge in [0.1, 0.15) is 12.0 Å². The molecule has 2 aliphatic heterocycles. The van der Waals surface area contributed by atoms with Crippen molar-refractivity contribution in [1.29, 1.82) is 0 Å². The number of aromatic hydroxyl groups is 1. The van der Waals surface area contributed by atoms with E-state index in [0.29, 0.717) is 50.8 Å². The quantitative estimate of drug-likeness (QED) is 0.391. The van der Waals surface area contributed by atoms with Gasteiger partial charge in [-0.1, -0.05) is 35.9 Å². The van der Waals surface area contributed by atoms with E-state index < -0.39 is 0 Å². The maximum Gasteiger partial charge on any atom is 0.318 e. The number of hydrogen-bond donors (Lipinski definition) is 3. The molecule has 3 N–H and O–H groups in total. The number of rotatable bonds is 8. The second-order valence-corrected chi connectivity index (χ2v) is 9.97. The molecule has 3 aromatic rings. The Morgan fingerprint density at radius 1 is 1.13 bits per heavy atom. The number of amides is 2. The summed E-state index contributed by atoms with van der Waals surface area (Å²) in [6.07, 6.45) is 2.98. The van der Waals surface area contributed by atoms with Crippen molar-refractivity contribution >= 4 is 6.03 Å². The van der Waals surface area contributed by atoms with Gasteiger partial charge in [0.05, 0.1) is 32.0 Å². The number of aryl methyl sites for hydroxylation is 2. The van der Waals surface area contributed by atoms with E-state index in [1.807, 2.05) is 29.2 Å². The van der Waals surface area contributed by atoms with Crippen molar-refractivity contribution in [2.75, 3.05) is 33.5 Å². The highest BCUT2D eigenvalue weighted by atomic mass is 16.5. The van der Waals surface area contributed by atoms with Gasteiger partial charge < -0.3 is 34.9 Å². The molecule has 0 fully saturated rings. The summed E-state index contributed by atoms with van der Waals surface area (Å²) < 4.78 is 17.2. The van der Waals surface area contributed by atoms with Crippen molar-refractivity contribution in [2.24, 2.45) is 0 Å². The molecule has 0 aliphatic carbocycles. The zero-order valence-electron chi connectivity index (χ0n) is 22.6. The SMILES string of the molecule is COc1cc2c(cc1OCCc1cccc(O)c1)C(c1ccc(C)cc1C)N(C(=O)NCC1=COCN1)CC2. The highest BCUT2D eigenvalue weighted by Gasteiger charge is 2.34. The van der Waals surface area contributed by atoms with Gasteiger partial charge in [-0.15, -0.1) is 0 Å². The van der Waals surface area contributed by atoms with Crippen LogP contribution in [-0.4, -0.2) is 49.6 Å². The Hall–Kier alpha value is -4.33. The number of phenolic OH excluding ortho intramolecular Hbond substituents is 1. The van der Waals surface area contributed by atoms with Gasteiger partial charge in [-0.25, -0.2) is 4.79 Å². The van der Waals surface area contributed by atoms with Crippen molar-refractivity contribution in [3.63, 3.8) is 0 Å². The van der Waals surface area contributed by atoms with E-state index in [2.05, 4.69) is 42.7 Å². The first kappa shape index (κ1) is 26.3. The maximum absolute atomic E-state index is 13.5. The van der Waals surface area contributed by atoms with Crippen LogP contribution in [0.2, 0.25) is 0 Å². The zero-order chi connectivity index (χ0) is 27.4. The largest absolute Gasteiger partial charge is 0.508 e. The summed E-state index contributed by atoms with van der Waals surface area (Å²) in [5.74, 6) is 1.54. The number of carbonyl (C=O) groups excluding carboxylic acids is 1. The van der Waals surface area contributed by atoms with Crippen LogP contribution in [0.25, 0.3) is 0 Å². The number of benzene rings is 3. The first-order chi connectivity index (χ1) is 18.9. The molecule has 0 radical (unpaired) electrons. The number of urea groups is 1. The summed E-state index contributed by atoms with van der Waals surface area (Å²) in [5.41, 5.74) is 7.37. The standard InChI is InChI=1S/C31H35N3O5/c1-20-7-8-26(21(2)13-20)30-27-16-29(39-12-10-22-5-4-6-25(35)14-22)28(37-3)15-23(27)9-11-34(30)31(36)32-17-24-18-38-19-33-24/h4-8,13-16,18,30,33,35H,9-12,17,19H2,1-3H3,(H,32,36). The Bertz CT molecular complexity index is 1390. The number of methoxy groups -OCH3 is 1. The molecule has 8 nitrogen and oxygen atoms in total. The Balaban J connectivity index is 1.46. The highest BCUT2D eigenvalue weighted by molar-refractivity contribution is 5.76. The second-order valence-electron chi connectivity index (χ2n) is 9.97. The molecule has 2 amide bonds. The molecule has 8 heteroatoms. The third kappa shape index (κ3) is 5.90. The van der Waals surface area contributed by atoms with Gasteiger partial charge in [-0.05, 0) is 72.4 Å². The minimum absolute atomic E-state index is 0.137. The molecule has 2 aliphatic rings. The normalized spacial score (nSPS) is 16.0. The van der Waals surface area contributed by atoms with Crippen LogP contribution in [0.1, 0.15) is 39.4 Å². The molecule has 1 unspecified atom stereocenters. The van der Waals surface area contributed by atoms with E-state index >= 15 is 0 Å². The van der Waals surface area contributed by atoms with Crippen LogP contribution in [0.5, 0.6) is 17.2 Å². The van der Waals surface area contributed by atoms with Crippen molar-refractivity contribution in [3.8, 4) is 17.2 Å². The monoisotopic (exact) mass is 529 g/mol. The minimum atomic E-state index is -0.282. The molecular formula is C31H35N3O5. The number of phenols is 1. The summed E-state index contributed by atoms with van der Waals surface area (Å²) in [4.78, 5) is 15.4. The average Bonchev–Trinajstić information content (AvgIpc) is 3.45. The molecule has 0 aromatic heterocycles. The Morgan fingerprint density at radius 3 is 2.74 bits per heavy atom. The minimum Gasteiger partial charge on any atom is -0.508 e. The van der Waals surface area contributed by atoms with Gasteiger partial charge in [0.15, 0.2) is 18.2 Å². The zero-order valence-corrected chi connectivity index (χ0v) is 22.6. The van der Waals surface area contributed by atoms with Crippen LogP contribution in [0.3, 0.4) is 0 Å². The number of nitrogens with one attached hydrogen (secondary N) is 2. The fourth-order valence-corrected chi connectivity index (χ4v) is 5.27. The van der Waals surface area contributed by atoms with E-state index in [1.54, 1.807) is 25.5 Å². The third-order valence-electron chi connectivity index (χ3n) is 7.23. The van der Waals surface area contributed by atoms with Crippen LogP contribution in [0, 0.1) is 13.8 Å². The van der Waals surface area contributed by atoms with Crippen molar-refractivity contribution in [2.45, 2.75) is 32.7 Å². The van der Waals surface area contributed by atoms with Gasteiger partial charge in [-0.3, -0.25) is 0 Å². The van der Waals surface area contributed by atoms with Crippen molar-refractivity contribution in [3.05, 3.63) is 99.9 Å². The van der Waals surface area contributed by atoms with Crippen LogP contribution in [0.4, 0.5) is 4.79 Å². The predicted octanol–water partition coefficient (Wildman–Crippen LogP) is 4.71. The van der Waals surface area contributed by atoms with E-state index in [0.717, 1.165) is 33.5 Å². The smallest absolute Gasteiger partial charge is 0.318 e. The number of nitrogens with zero attached hydrogens (tertiary/aromatic N) is 1. The molecule has 204 valence electrons. The molecule has 5 rings (SSSR count). The van der Waals surface area contributed by atoms with Crippen LogP contribution < -0.4 is 20.1 Å². The Labute approximate surface area is 229 Å². The molecule has 0 saturated carbocycles. The Morgan fingerprint density at radius 2 is 2.00 bits per heavy atom. The number of carbonyl (C=O) groups is 1. The summed E-state index contributed by atoms with van der Waals surface area (Å²) in [5, 5.41) is 15.9. The molecular weight excluding hydrogens is 494 g/mol. The van der Waals surface area contributed by atoms with Crippen molar-refractivity contribution < 1.29 is 24.1 Å². The summed E-state index contributed by atoms with van der Waals surface area (Å²) >= 11 is 0. The van der Waals surface area contributed by atoms with E-state index in [-0.39, 0.29) is 17.8 Å². The molecule has 3 aromatic carbocycles. The van der Waals surface area contributed by atoms with E-state index in [9.17, 15) is 9.90 Å². The van der Waals surface area contributed by atoms with Crippen molar-refractivity contribution in [1.82, 2.24) is 15.5 Å². The maximum atomic E-state index is 13.5. The topological polar surface area (TPSA) is 92.3 Å².